The topological polar surface area (TPSA) is 49.9 Å². The standard InChI is InChI=1S/C24H19FN2O3/c1-24-20(16-12-14-17(25)15-13-16)27(19-10-6-3-7-11-19)30-21(24)22(28)26(23(24)29)18-8-4-2-5-9-18/h2-15,20-21H,1H3. The average molecular weight is 402 g/mol. The van der Waals surface area contributed by atoms with Crippen LogP contribution in [0.25, 0.3) is 0 Å². The summed E-state index contributed by atoms with van der Waals surface area (Å²) in [6, 6.07) is 23.5. The van der Waals surface area contributed by atoms with Crippen molar-refractivity contribution in [1.29, 1.82) is 0 Å². The summed E-state index contributed by atoms with van der Waals surface area (Å²) in [5.41, 5.74) is 0.743. The lowest BCUT2D eigenvalue weighted by Crippen LogP contribution is -2.41. The van der Waals surface area contributed by atoms with Crippen molar-refractivity contribution >= 4 is 23.2 Å². The monoisotopic (exact) mass is 402 g/mol. The number of anilines is 2. The molecule has 5 rings (SSSR count). The van der Waals surface area contributed by atoms with E-state index >= 15 is 0 Å². The molecule has 0 radical (unpaired) electrons. The van der Waals surface area contributed by atoms with Gasteiger partial charge < -0.3 is 0 Å². The Morgan fingerprint density at radius 3 is 2.00 bits per heavy atom. The largest absolute Gasteiger partial charge is 0.273 e. The summed E-state index contributed by atoms with van der Waals surface area (Å²) in [6.07, 6.45) is -0.986. The van der Waals surface area contributed by atoms with Crippen LogP contribution in [-0.4, -0.2) is 17.9 Å². The molecule has 2 amide bonds. The van der Waals surface area contributed by atoms with Crippen molar-refractivity contribution in [3.8, 4) is 0 Å². The number of para-hydroxylation sites is 2. The smallest absolute Gasteiger partial charge is 0.266 e. The number of benzene rings is 3. The molecule has 0 N–H and O–H groups in total. The molecule has 3 aromatic rings. The third-order valence-corrected chi connectivity index (χ3v) is 5.89. The Labute approximate surface area is 173 Å². The molecule has 3 aromatic carbocycles. The van der Waals surface area contributed by atoms with Crippen LogP contribution in [0, 0.1) is 11.2 Å². The lowest BCUT2D eigenvalue weighted by Gasteiger charge is -2.32. The summed E-state index contributed by atoms with van der Waals surface area (Å²) < 4.78 is 13.6. The maximum atomic E-state index is 13.7. The summed E-state index contributed by atoms with van der Waals surface area (Å²) in [5, 5.41) is 1.61. The van der Waals surface area contributed by atoms with Gasteiger partial charge in [-0.2, -0.15) is 0 Å². The third-order valence-electron chi connectivity index (χ3n) is 5.89. The molecule has 0 spiro atoms. The second-order valence-electron chi connectivity index (χ2n) is 7.70. The van der Waals surface area contributed by atoms with E-state index in [0.29, 0.717) is 16.9 Å². The molecule has 150 valence electrons. The van der Waals surface area contributed by atoms with Crippen molar-refractivity contribution in [1.82, 2.24) is 0 Å². The molecule has 2 aliphatic rings. The number of carbonyl (C=O) groups is 2. The highest BCUT2D eigenvalue weighted by Gasteiger charge is 2.68. The first-order valence-corrected chi connectivity index (χ1v) is 9.72. The van der Waals surface area contributed by atoms with Crippen molar-refractivity contribution in [2.45, 2.75) is 19.1 Å². The van der Waals surface area contributed by atoms with Crippen molar-refractivity contribution in [3.63, 3.8) is 0 Å². The second kappa shape index (κ2) is 6.78. The maximum absolute atomic E-state index is 13.7. The normalized spacial score (nSPS) is 25.7. The zero-order valence-corrected chi connectivity index (χ0v) is 16.2. The molecular weight excluding hydrogens is 383 g/mol. The average Bonchev–Trinajstić information content (AvgIpc) is 3.19. The van der Waals surface area contributed by atoms with E-state index in [1.807, 2.05) is 36.4 Å². The van der Waals surface area contributed by atoms with Gasteiger partial charge in [-0.1, -0.05) is 48.5 Å². The van der Waals surface area contributed by atoms with Gasteiger partial charge >= 0.3 is 0 Å². The van der Waals surface area contributed by atoms with Gasteiger partial charge in [0, 0.05) is 0 Å². The number of halogens is 1. The molecule has 6 heteroatoms. The van der Waals surface area contributed by atoms with Crippen LogP contribution in [0.15, 0.2) is 84.9 Å². The Morgan fingerprint density at radius 2 is 1.40 bits per heavy atom. The number of carbonyl (C=O) groups excluding carboxylic acids is 2. The highest BCUT2D eigenvalue weighted by molar-refractivity contribution is 6.25. The fourth-order valence-corrected chi connectivity index (χ4v) is 4.39. The number of hydrogen-bond donors (Lipinski definition) is 0. The second-order valence-corrected chi connectivity index (χ2v) is 7.70. The quantitative estimate of drug-likeness (QED) is 0.614. The predicted octanol–water partition coefficient (Wildman–Crippen LogP) is 4.27. The SMILES string of the molecule is CC12C(=O)N(c3ccccc3)C(=O)C1ON(c1ccccc1)C2c1ccc(F)cc1. The molecule has 0 aliphatic carbocycles. The van der Waals surface area contributed by atoms with E-state index in [1.165, 1.54) is 17.0 Å². The number of amides is 2. The van der Waals surface area contributed by atoms with Crippen LogP contribution in [0.5, 0.6) is 0 Å². The summed E-state index contributed by atoms with van der Waals surface area (Å²) in [4.78, 5) is 34.3. The minimum atomic E-state index is -1.18. The maximum Gasteiger partial charge on any atom is 0.266 e. The first-order valence-electron chi connectivity index (χ1n) is 9.72. The molecule has 0 bridgehead atoms. The molecule has 0 aromatic heterocycles. The summed E-state index contributed by atoms with van der Waals surface area (Å²) in [6.45, 7) is 1.75. The Bertz CT molecular complexity index is 1100. The first kappa shape index (κ1) is 18.5. The molecule has 2 saturated heterocycles. The molecule has 5 nitrogen and oxygen atoms in total. The van der Waals surface area contributed by atoms with Crippen molar-refractivity contribution in [2.24, 2.45) is 5.41 Å². The van der Waals surface area contributed by atoms with Crippen LogP contribution in [0.1, 0.15) is 18.5 Å². The molecule has 30 heavy (non-hydrogen) atoms. The van der Waals surface area contributed by atoms with Crippen LogP contribution in [-0.2, 0) is 14.4 Å². The Balaban J connectivity index is 1.65. The molecule has 0 saturated carbocycles. The molecule has 2 heterocycles. The Hall–Kier alpha value is -3.51. The van der Waals surface area contributed by atoms with Gasteiger partial charge in [0.25, 0.3) is 5.91 Å². The zero-order valence-electron chi connectivity index (χ0n) is 16.2. The van der Waals surface area contributed by atoms with Crippen molar-refractivity contribution < 1.29 is 18.8 Å². The molecule has 2 fully saturated rings. The Kier molecular flexibility index (Phi) is 4.18. The molecule has 2 aliphatic heterocycles. The minimum Gasteiger partial charge on any atom is -0.273 e. The number of nitrogens with zero attached hydrogens (tertiary/aromatic N) is 2. The number of hydroxylamine groups is 1. The summed E-state index contributed by atoms with van der Waals surface area (Å²) in [7, 11) is 0. The van der Waals surface area contributed by atoms with E-state index in [-0.39, 0.29) is 11.7 Å². The van der Waals surface area contributed by atoms with E-state index in [1.54, 1.807) is 48.4 Å². The summed E-state index contributed by atoms with van der Waals surface area (Å²) >= 11 is 0. The van der Waals surface area contributed by atoms with Crippen molar-refractivity contribution in [2.75, 3.05) is 9.96 Å². The van der Waals surface area contributed by atoms with Crippen molar-refractivity contribution in [3.05, 3.63) is 96.3 Å². The lowest BCUT2D eigenvalue weighted by molar-refractivity contribution is -0.128. The highest BCUT2D eigenvalue weighted by atomic mass is 19.1. The van der Waals surface area contributed by atoms with Crippen LogP contribution in [0.4, 0.5) is 15.8 Å². The van der Waals surface area contributed by atoms with Crippen LogP contribution < -0.4 is 9.96 Å². The van der Waals surface area contributed by atoms with Gasteiger partial charge in [-0.05, 0) is 48.9 Å². The van der Waals surface area contributed by atoms with Gasteiger partial charge in [-0.25, -0.2) is 14.4 Å². The van der Waals surface area contributed by atoms with E-state index in [2.05, 4.69) is 0 Å². The molecule has 3 atom stereocenters. The van der Waals surface area contributed by atoms with E-state index < -0.39 is 23.5 Å². The van der Waals surface area contributed by atoms with Crippen LogP contribution >= 0.6 is 0 Å². The Morgan fingerprint density at radius 1 is 0.833 bits per heavy atom. The zero-order chi connectivity index (χ0) is 20.9. The molecular formula is C24H19FN2O3. The fraction of sp³-hybridized carbons (Fsp3) is 0.167. The van der Waals surface area contributed by atoms with Crippen LogP contribution in [0.3, 0.4) is 0 Å². The highest BCUT2D eigenvalue weighted by Crippen LogP contribution is 2.55. The summed E-state index contributed by atoms with van der Waals surface area (Å²) in [5.74, 6) is -1.11. The number of hydrogen-bond acceptors (Lipinski definition) is 4. The number of rotatable bonds is 3. The first-order chi connectivity index (χ1) is 14.5. The van der Waals surface area contributed by atoms with Gasteiger partial charge in [-0.3, -0.25) is 14.4 Å². The molecule has 3 unspecified atom stereocenters. The lowest BCUT2D eigenvalue weighted by atomic mass is 9.76. The van der Waals surface area contributed by atoms with Gasteiger partial charge in [0.15, 0.2) is 6.10 Å². The van der Waals surface area contributed by atoms with Gasteiger partial charge in [0.2, 0.25) is 5.91 Å². The van der Waals surface area contributed by atoms with E-state index in [0.717, 1.165) is 0 Å². The van der Waals surface area contributed by atoms with E-state index in [4.69, 9.17) is 4.84 Å². The number of imide groups is 1. The number of fused-ring (bicyclic) bond motifs is 1. The van der Waals surface area contributed by atoms with Crippen LogP contribution in [0.2, 0.25) is 0 Å². The minimum absolute atomic E-state index is 0.337. The van der Waals surface area contributed by atoms with Gasteiger partial charge in [0.05, 0.1) is 17.4 Å². The fourth-order valence-electron chi connectivity index (χ4n) is 4.39. The third kappa shape index (κ3) is 2.57. The predicted molar refractivity (Wildman–Crippen MR) is 110 cm³/mol. The van der Waals surface area contributed by atoms with E-state index in [9.17, 15) is 14.0 Å². The van der Waals surface area contributed by atoms with Gasteiger partial charge in [-0.15, -0.1) is 0 Å². The van der Waals surface area contributed by atoms with Gasteiger partial charge in [0.1, 0.15) is 11.2 Å².